The van der Waals surface area contributed by atoms with E-state index in [-0.39, 0.29) is 28.7 Å². The number of amides is 1. The van der Waals surface area contributed by atoms with E-state index in [1.807, 2.05) is 0 Å². The predicted molar refractivity (Wildman–Crippen MR) is 98.8 cm³/mol. The Labute approximate surface area is 159 Å². The number of hydrogen-bond acceptors (Lipinski definition) is 4. The number of benzene rings is 2. The first kappa shape index (κ1) is 19.6. The number of ether oxygens (including phenoxy) is 1. The molecule has 1 fully saturated rings. The predicted octanol–water partition coefficient (Wildman–Crippen LogP) is 4.12. The molecule has 8 heteroatoms. The molecule has 2 atom stereocenters. The standard InChI is InChI=1S/C19H19F3N2O2S/c20-19(21,22)15-3-1-2-4-16(15)26-14-7-5-12(6-8-14)17-18(25)24-13(11-23)9-10-27-17/h1-8,13,17H,9-11,23H2,(H,24,25)/t13-,17+/m0/s1. The van der Waals surface area contributed by atoms with E-state index in [0.29, 0.717) is 6.54 Å². The Kier molecular flexibility index (Phi) is 5.96. The first-order chi connectivity index (χ1) is 12.9. The fourth-order valence-electron chi connectivity index (χ4n) is 2.80. The molecule has 0 saturated carbocycles. The fraction of sp³-hybridized carbons (Fsp3) is 0.316. The van der Waals surface area contributed by atoms with Gasteiger partial charge in [0.15, 0.2) is 0 Å². The van der Waals surface area contributed by atoms with Gasteiger partial charge in [-0.25, -0.2) is 0 Å². The van der Waals surface area contributed by atoms with E-state index in [1.165, 1.54) is 30.0 Å². The molecule has 0 aromatic heterocycles. The lowest BCUT2D eigenvalue weighted by Crippen LogP contribution is -2.40. The van der Waals surface area contributed by atoms with Crippen molar-refractivity contribution in [1.82, 2.24) is 5.32 Å². The number of hydrogen-bond donors (Lipinski definition) is 2. The molecule has 3 rings (SSSR count). The van der Waals surface area contributed by atoms with Crippen LogP contribution in [0.3, 0.4) is 0 Å². The van der Waals surface area contributed by atoms with Crippen LogP contribution in [0.4, 0.5) is 13.2 Å². The Balaban J connectivity index is 1.76. The van der Waals surface area contributed by atoms with Crippen molar-refractivity contribution >= 4 is 17.7 Å². The minimum atomic E-state index is -4.49. The second kappa shape index (κ2) is 8.22. The second-order valence-corrected chi connectivity index (χ2v) is 7.36. The van der Waals surface area contributed by atoms with Crippen molar-refractivity contribution in [3.05, 3.63) is 59.7 Å². The van der Waals surface area contributed by atoms with E-state index in [0.717, 1.165) is 23.8 Å². The van der Waals surface area contributed by atoms with Crippen molar-refractivity contribution < 1.29 is 22.7 Å². The summed E-state index contributed by atoms with van der Waals surface area (Å²) in [5.41, 5.74) is 5.57. The Morgan fingerprint density at radius 1 is 1.15 bits per heavy atom. The molecular weight excluding hydrogens is 377 g/mol. The van der Waals surface area contributed by atoms with Crippen molar-refractivity contribution in [2.24, 2.45) is 5.73 Å². The quantitative estimate of drug-likeness (QED) is 0.816. The molecule has 27 heavy (non-hydrogen) atoms. The van der Waals surface area contributed by atoms with Crippen LogP contribution in [-0.2, 0) is 11.0 Å². The zero-order chi connectivity index (χ0) is 19.4. The van der Waals surface area contributed by atoms with Crippen molar-refractivity contribution in [2.75, 3.05) is 12.3 Å². The van der Waals surface area contributed by atoms with E-state index in [1.54, 1.807) is 24.3 Å². The van der Waals surface area contributed by atoms with Gasteiger partial charge in [0.05, 0.1) is 5.56 Å². The molecule has 3 N–H and O–H groups in total. The average Bonchev–Trinajstić information content (AvgIpc) is 2.83. The molecule has 2 aromatic carbocycles. The van der Waals surface area contributed by atoms with Gasteiger partial charge in [0.1, 0.15) is 16.7 Å². The topological polar surface area (TPSA) is 64.3 Å². The lowest BCUT2D eigenvalue weighted by atomic mass is 10.1. The summed E-state index contributed by atoms with van der Waals surface area (Å²) in [7, 11) is 0. The summed E-state index contributed by atoms with van der Waals surface area (Å²) in [6, 6.07) is 11.6. The maximum atomic E-state index is 13.1. The summed E-state index contributed by atoms with van der Waals surface area (Å²) < 4.78 is 44.6. The maximum absolute atomic E-state index is 13.1. The van der Waals surface area contributed by atoms with Crippen LogP contribution in [0.2, 0.25) is 0 Å². The normalized spacial score (nSPS) is 20.7. The number of rotatable bonds is 4. The summed E-state index contributed by atoms with van der Waals surface area (Å²) in [5.74, 6) is 0.700. The van der Waals surface area contributed by atoms with Crippen LogP contribution < -0.4 is 15.8 Å². The maximum Gasteiger partial charge on any atom is 0.419 e. The zero-order valence-electron chi connectivity index (χ0n) is 14.3. The third-order valence-electron chi connectivity index (χ3n) is 4.22. The molecule has 1 aliphatic rings. The summed E-state index contributed by atoms with van der Waals surface area (Å²) in [5, 5.41) is 2.54. The highest BCUT2D eigenvalue weighted by atomic mass is 32.2. The molecule has 1 heterocycles. The Morgan fingerprint density at radius 3 is 2.52 bits per heavy atom. The summed E-state index contributed by atoms with van der Waals surface area (Å²) in [6.07, 6.45) is -3.69. The van der Waals surface area contributed by atoms with Gasteiger partial charge in [-0.15, -0.1) is 11.8 Å². The highest BCUT2D eigenvalue weighted by molar-refractivity contribution is 8.00. The average molecular weight is 396 g/mol. The second-order valence-electron chi connectivity index (χ2n) is 6.15. The third kappa shape index (κ3) is 4.75. The smallest absolute Gasteiger partial charge is 0.419 e. The molecule has 4 nitrogen and oxygen atoms in total. The number of carbonyl (C=O) groups excluding carboxylic acids is 1. The summed E-state index contributed by atoms with van der Waals surface area (Å²) in [4.78, 5) is 12.4. The van der Waals surface area contributed by atoms with E-state index in [2.05, 4.69) is 5.32 Å². The summed E-state index contributed by atoms with van der Waals surface area (Å²) >= 11 is 1.52. The highest BCUT2D eigenvalue weighted by Gasteiger charge is 2.34. The first-order valence-electron chi connectivity index (χ1n) is 8.44. The molecule has 0 spiro atoms. The number of carbonyl (C=O) groups is 1. The zero-order valence-corrected chi connectivity index (χ0v) is 15.1. The molecule has 2 aromatic rings. The van der Waals surface area contributed by atoms with E-state index in [9.17, 15) is 18.0 Å². The molecule has 0 bridgehead atoms. The van der Waals surface area contributed by atoms with Crippen LogP contribution in [0, 0.1) is 0 Å². The van der Waals surface area contributed by atoms with E-state index >= 15 is 0 Å². The molecule has 1 saturated heterocycles. The first-order valence-corrected chi connectivity index (χ1v) is 9.49. The van der Waals surface area contributed by atoms with Crippen LogP contribution >= 0.6 is 11.8 Å². The van der Waals surface area contributed by atoms with Crippen LogP contribution in [0.15, 0.2) is 48.5 Å². The number of alkyl halides is 3. The molecule has 0 radical (unpaired) electrons. The van der Waals surface area contributed by atoms with Gasteiger partial charge in [0, 0.05) is 12.6 Å². The van der Waals surface area contributed by atoms with E-state index < -0.39 is 11.7 Å². The van der Waals surface area contributed by atoms with Gasteiger partial charge in [0.2, 0.25) is 5.91 Å². The fourth-order valence-corrected chi connectivity index (χ4v) is 4.03. The van der Waals surface area contributed by atoms with Gasteiger partial charge in [-0.3, -0.25) is 4.79 Å². The van der Waals surface area contributed by atoms with Gasteiger partial charge in [0.25, 0.3) is 0 Å². The van der Waals surface area contributed by atoms with Gasteiger partial charge >= 0.3 is 6.18 Å². The third-order valence-corrected chi connectivity index (χ3v) is 5.51. The van der Waals surface area contributed by atoms with Crippen LogP contribution in [0.25, 0.3) is 0 Å². The van der Waals surface area contributed by atoms with Gasteiger partial charge < -0.3 is 15.8 Å². The highest BCUT2D eigenvalue weighted by Crippen LogP contribution is 2.38. The van der Waals surface area contributed by atoms with Crippen LogP contribution in [-0.4, -0.2) is 24.2 Å². The minimum Gasteiger partial charge on any atom is -0.457 e. The van der Waals surface area contributed by atoms with E-state index in [4.69, 9.17) is 10.5 Å². The van der Waals surface area contributed by atoms with Crippen molar-refractivity contribution in [3.63, 3.8) is 0 Å². The van der Waals surface area contributed by atoms with Gasteiger partial charge in [-0.05, 0) is 42.0 Å². The van der Waals surface area contributed by atoms with Crippen molar-refractivity contribution in [3.8, 4) is 11.5 Å². The Hall–Kier alpha value is -2.19. The largest absolute Gasteiger partial charge is 0.457 e. The monoisotopic (exact) mass is 396 g/mol. The molecular formula is C19H19F3N2O2S. The molecule has 1 aliphatic heterocycles. The summed E-state index contributed by atoms with van der Waals surface area (Å²) in [6.45, 7) is 0.393. The SMILES string of the molecule is NC[C@@H]1CCS[C@H](c2ccc(Oc3ccccc3C(F)(F)F)cc2)C(=O)N1. The molecule has 0 unspecified atom stereocenters. The molecule has 1 amide bonds. The van der Waals surface area contributed by atoms with Gasteiger partial charge in [-0.1, -0.05) is 24.3 Å². The van der Waals surface area contributed by atoms with Gasteiger partial charge in [-0.2, -0.15) is 13.2 Å². The minimum absolute atomic E-state index is 0.0310. The van der Waals surface area contributed by atoms with Crippen molar-refractivity contribution in [1.29, 1.82) is 0 Å². The lowest BCUT2D eigenvalue weighted by molar-refractivity contribution is -0.138. The molecule has 0 aliphatic carbocycles. The number of nitrogens with two attached hydrogens (primary N) is 1. The lowest BCUT2D eigenvalue weighted by Gasteiger charge is -2.16. The number of para-hydroxylation sites is 1. The van der Waals surface area contributed by atoms with Crippen LogP contribution in [0.5, 0.6) is 11.5 Å². The van der Waals surface area contributed by atoms with Crippen molar-refractivity contribution in [2.45, 2.75) is 23.9 Å². The number of thioether (sulfide) groups is 1. The number of halogens is 3. The van der Waals surface area contributed by atoms with Crippen LogP contribution in [0.1, 0.15) is 22.8 Å². The number of nitrogens with one attached hydrogen (secondary N) is 1. The Morgan fingerprint density at radius 2 is 1.85 bits per heavy atom. The Bertz CT molecular complexity index is 796. The molecule has 144 valence electrons.